The van der Waals surface area contributed by atoms with Crippen molar-refractivity contribution in [2.24, 2.45) is 23.2 Å². The number of hydrogen-bond acceptors (Lipinski definition) is 0. The van der Waals surface area contributed by atoms with E-state index in [-0.39, 0.29) is 0 Å². The standard InChI is InChI=1S/C11H20/c1-8(2)10-7-9-5-4-6-11(9,10)3/h8-10H,4-7H2,1-3H3. The van der Waals surface area contributed by atoms with Gasteiger partial charge in [-0.3, -0.25) is 0 Å². The van der Waals surface area contributed by atoms with Gasteiger partial charge in [-0.15, -0.1) is 0 Å². The molecule has 0 radical (unpaired) electrons. The molecule has 3 atom stereocenters. The van der Waals surface area contributed by atoms with Gasteiger partial charge in [0.15, 0.2) is 0 Å². The first-order valence-corrected chi connectivity index (χ1v) is 5.14. The van der Waals surface area contributed by atoms with Crippen LogP contribution in [0.2, 0.25) is 0 Å². The highest BCUT2D eigenvalue weighted by molar-refractivity contribution is 5.03. The fourth-order valence-electron chi connectivity index (χ4n) is 3.59. The van der Waals surface area contributed by atoms with Gasteiger partial charge in [-0.25, -0.2) is 0 Å². The molecule has 0 nitrogen and oxygen atoms in total. The van der Waals surface area contributed by atoms with Gasteiger partial charge in [0.05, 0.1) is 0 Å². The van der Waals surface area contributed by atoms with Crippen molar-refractivity contribution in [3.05, 3.63) is 0 Å². The second kappa shape index (κ2) is 2.24. The predicted octanol–water partition coefficient (Wildman–Crippen LogP) is 3.47. The van der Waals surface area contributed by atoms with E-state index in [0.29, 0.717) is 0 Å². The Morgan fingerprint density at radius 2 is 2.09 bits per heavy atom. The maximum Gasteiger partial charge on any atom is -0.0267 e. The van der Waals surface area contributed by atoms with E-state index in [4.69, 9.17) is 0 Å². The maximum absolute atomic E-state index is 2.53. The molecule has 3 unspecified atom stereocenters. The molecule has 0 bridgehead atoms. The summed E-state index contributed by atoms with van der Waals surface area (Å²) in [5.41, 5.74) is 0.772. The highest BCUT2D eigenvalue weighted by atomic mass is 14.6. The molecule has 11 heavy (non-hydrogen) atoms. The zero-order valence-electron chi connectivity index (χ0n) is 8.06. The lowest BCUT2D eigenvalue weighted by Crippen LogP contribution is -2.45. The van der Waals surface area contributed by atoms with E-state index >= 15 is 0 Å². The number of rotatable bonds is 1. The first-order chi connectivity index (χ1) is 5.14. The third kappa shape index (κ3) is 0.878. The average Bonchev–Trinajstić information content (AvgIpc) is 2.15. The molecule has 2 fully saturated rings. The van der Waals surface area contributed by atoms with Gasteiger partial charge in [-0.1, -0.05) is 27.2 Å². The molecule has 0 spiro atoms. The second-order valence-electron chi connectivity index (χ2n) is 5.18. The smallest absolute Gasteiger partial charge is 0.0267 e. The summed E-state index contributed by atoms with van der Waals surface area (Å²) in [7, 11) is 0. The normalized spacial score (nSPS) is 49.1. The molecule has 0 saturated heterocycles. The Morgan fingerprint density at radius 3 is 2.64 bits per heavy atom. The van der Waals surface area contributed by atoms with Gasteiger partial charge in [-0.05, 0) is 42.4 Å². The largest absolute Gasteiger partial charge is 0.0625 e. The van der Waals surface area contributed by atoms with Crippen molar-refractivity contribution in [3.8, 4) is 0 Å². The molecule has 64 valence electrons. The molecule has 0 aromatic carbocycles. The summed E-state index contributed by atoms with van der Waals surface area (Å²) in [5, 5.41) is 0. The Balaban J connectivity index is 2.09. The summed E-state index contributed by atoms with van der Waals surface area (Å²) in [6.07, 6.45) is 6.08. The summed E-state index contributed by atoms with van der Waals surface area (Å²) in [6.45, 7) is 7.31. The van der Waals surface area contributed by atoms with Crippen LogP contribution in [0.3, 0.4) is 0 Å². The van der Waals surface area contributed by atoms with E-state index in [0.717, 1.165) is 23.2 Å². The maximum atomic E-state index is 2.53. The van der Waals surface area contributed by atoms with Gasteiger partial charge in [0.2, 0.25) is 0 Å². The minimum absolute atomic E-state index is 0.772. The lowest BCUT2D eigenvalue weighted by atomic mass is 9.52. The summed E-state index contributed by atoms with van der Waals surface area (Å²) >= 11 is 0. The fraction of sp³-hybridized carbons (Fsp3) is 1.00. The lowest BCUT2D eigenvalue weighted by Gasteiger charge is -2.53. The molecule has 2 saturated carbocycles. The Morgan fingerprint density at radius 1 is 1.36 bits per heavy atom. The highest BCUT2D eigenvalue weighted by Gasteiger charge is 2.54. The Hall–Kier alpha value is 0. The van der Waals surface area contributed by atoms with Crippen molar-refractivity contribution in [2.75, 3.05) is 0 Å². The summed E-state index contributed by atoms with van der Waals surface area (Å²) < 4.78 is 0. The zero-order chi connectivity index (χ0) is 8.06. The topological polar surface area (TPSA) is 0 Å². The van der Waals surface area contributed by atoms with Gasteiger partial charge in [0, 0.05) is 0 Å². The van der Waals surface area contributed by atoms with Crippen molar-refractivity contribution in [3.63, 3.8) is 0 Å². The van der Waals surface area contributed by atoms with Crippen molar-refractivity contribution in [1.82, 2.24) is 0 Å². The third-order valence-electron chi connectivity index (χ3n) is 4.39. The van der Waals surface area contributed by atoms with Gasteiger partial charge in [0.1, 0.15) is 0 Å². The monoisotopic (exact) mass is 152 g/mol. The van der Waals surface area contributed by atoms with Crippen LogP contribution in [0.5, 0.6) is 0 Å². The van der Waals surface area contributed by atoms with Crippen LogP contribution in [-0.4, -0.2) is 0 Å². The van der Waals surface area contributed by atoms with E-state index in [1.807, 2.05) is 0 Å². The molecule has 0 N–H and O–H groups in total. The Bertz CT molecular complexity index is 159. The van der Waals surface area contributed by atoms with Gasteiger partial charge in [-0.2, -0.15) is 0 Å². The van der Waals surface area contributed by atoms with Gasteiger partial charge in [0.25, 0.3) is 0 Å². The van der Waals surface area contributed by atoms with Gasteiger partial charge >= 0.3 is 0 Å². The first kappa shape index (κ1) is 7.64. The summed E-state index contributed by atoms with van der Waals surface area (Å²) in [5.74, 6) is 3.08. The molecular weight excluding hydrogens is 132 g/mol. The summed E-state index contributed by atoms with van der Waals surface area (Å²) in [4.78, 5) is 0. The Labute approximate surface area is 70.4 Å². The molecule has 0 aromatic rings. The van der Waals surface area contributed by atoms with E-state index in [9.17, 15) is 0 Å². The lowest BCUT2D eigenvalue weighted by molar-refractivity contribution is -0.0385. The molecule has 2 rings (SSSR count). The molecule has 0 aromatic heterocycles. The molecule has 2 aliphatic carbocycles. The number of fused-ring (bicyclic) bond motifs is 1. The minimum Gasteiger partial charge on any atom is -0.0625 e. The quantitative estimate of drug-likeness (QED) is 0.539. The van der Waals surface area contributed by atoms with Crippen LogP contribution in [0.15, 0.2) is 0 Å². The molecule has 0 aliphatic heterocycles. The predicted molar refractivity (Wildman–Crippen MR) is 48.4 cm³/mol. The van der Waals surface area contributed by atoms with Crippen LogP contribution in [0.4, 0.5) is 0 Å². The molecule has 0 amide bonds. The molecule has 2 aliphatic rings. The SMILES string of the molecule is CC(C)C1CC2CCCC21C. The minimum atomic E-state index is 0.772. The average molecular weight is 152 g/mol. The zero-order valence-corrected chi connectivity index (χ0v) is 8.06. The van der Waals surface area contributed by atoms with Crippen LogP contribution >= 0.6 is 0 Å². The Kier molecular flexibility index (Phi) is 1.56. The molecular formula is C11H20. The van der Waals surface area contributed by atoms with Crippen molar-refractivity contribution < 1.29 is 0 Å². The van der Waals surface area contributed by atoms with E-state index in [1.165, 1.54) is 25.7 Å². The van der Waals surface area contributed by atoms with Crippen LogP contribution in [0.25, 0.3) is 0 Å². The van der Waals surface area contributed by atoms with Crippen molar-refractivity contribution in [1.29, 1.82) is 0 Å². The molecule has 0 heterocycles. The summed E-state index contributed by atoms with van der Waals surface area (Å²) in [6, 6.07) is 0. The van der Waals surface area contributed by atoms with Crippen LogP contribution in [-0.2, 0) is 0 Å². The van der Waals surface area contributed by atoms with Crippen LogP contribution < -0.4 is 0 Å². The highest BCUT2D eigenvalue weighted by Crippen LogP contribution is 2.63. The van der Waals surface area contributed by atoms with Crippen molar-refractivity contribution >= 4 is 0 Å². The number of hydrogen-bond donors (Lipinski definition) is 0. The van der Waals surface area contributed by atoms with Crippen molar-refractivity contribution in [2.45, 2.75) is 46.5 Å². The van der Waals surface area contributed by atoms with E-state index < -0.39 is 0 Å². The second-order valence-corrected chi connectivity index (χ2v) is 5.18. The van der Waals surface area contributed by atoms with Crippen LogP contribution in [0, 0.1) is 23.2 Å². The van der Waals surface area contributed by atoms with Crippen LogP contribution in [0.1, 0.15) is 46.5 Å². The fourth-order valence-corrected chi connectivity index (χ4v) is 3.59. The third-order valence-corrected chi connectivity index (χ3v) is 4.39. The first-order valence-electron chi connectivity index (χ1n) is 5.14. The van der Waals surface area contributed by atoms with E-state index in [2.05, 4.69) is 20.8 Å². The molecule has 0 heteroatoms. The van der Waals surface area contributed by atoms with Gasteiger partial charge < -0.3 is 0 Å². The van der Waals surface area contributed by atoms with E-state index in [1.54, 1.807) is 0 Å².